The number of hydrogen-bond acceptors (Lipinski definition) is 1. The van der Waals surface area contributed by atoms with Crippen molar-refractivity contribution in [2.75, 3.05) is 19.8 Å². The number of rotatable bonds is 11. The van der Waals surface area contributed by atoms with E-state index in [0.29, 0.717) is 6.61 Å². The molecule has 0 saturated heterocycles. The van der Waals surface area contributed by atoms with E-state index in [1.54, 1.807) is 0 Å². The Labute approximate surface area is 107 Å². The maximum atomic E-state index is 9.98. The average molecular weight is 246 g/mol. The van der Waals surface area contributed by atoms with E-state index in [9.17, 15) is 10.2 Å². The van der Waals surface area contributed by atoms with E-state index in [4.69, 9.17) is 5.11 Å². The van der Waals surface area contributed by atoms with Gasteiger partial charge in [0.15, 0.2) is 0 Å². The zero-order valence-corrected chi connectivity index (χ0v) is 11.5. The quantitative estimate of drug-likeness (QED) is 0.554. The van der Waals surface area contributed by atoms with Crippen molar-refractivity contribution in [3.63, 3.8) is 0 Å². The van der Waals surface area contributed by atoms with Crippen LogP contribution in [-0.2, 0) is 10.2 Å². The van der Waals surface area contributed by atoms with Crippen LogP contribution in [0.15, 0.2) is 0 Å². The standard InChI is InChI=1S/C8H17O2.C6H13O/c9-7-5-3-1-2-4-6-8-10;1-2-3-4-5-6-7/h9H,1-8H2;2-6H2,1H3. The van der Waals surface area contributed by atoms with Crippen LogP contribution in [0.25, 0.3) is 0 Å². The summed E-state index contributed by atoms with van der Waals surface area (Å²) in [6.45, 7) is 2.63. The molecule has 0 amide bonds. The summed E-state index contributed by atoms with van der Waals surface area (Å²) >= 11 is 0. The molecular formula is C14H30O3. The van der Waals surface area contributed by atoms with Crippen LogP contribution in [0.3, 0.4) is 0 Å². The molecule has 0 saturated carbocycles. The molecule has 0 aromatic carbocycles. The van der Waals surface area contributed by atoms with Crippen molar-refractivity contribution in [2.24, 2.45) is 0 Å². The van der Waals surface area contributed by atoms with Gasteiger partial charge in [-0.15, -0.1) is 0 Å². The second-order valence-electron chi connectivity index (χ2n) is 4.31. The molecule has 0 aromatic rings. The highest BCUT2D eigenvalue weighted by Gasteiger charge is 1.88. The van der Waals surface area contributed by atoms with Crippen LogP contribution in [0.1, 0.15) is 71.1 Å². The SMILES string of the molecule is CCCCCC[O].[O]CCCCCCCCO. The molecule has 0 bridgehead atoms. The fourth-order valence-corrected chi connectivity index (χ4v) is 1.45. The lowest BCUT2D eigenvalue weighted by Crippen LogP contribution is -1.85. The Balaban J connectivity index is 0. The molecule has 0 aliphatic heterocycles. The fourth-order valence-electron chi connectivity index (χ4n) is 1.45. The number of hydrogen-bond donors (Lipinski definition) is 1. The lowest BCUT2D eigenvalue weighted by Gasteiger charge is -1.96. The van der Waals surface area contributed by atoms with Gasteiger partial charge in [-0.05, 0) is 19.3 Å². The Morgan fingerprint density at radius 2 is 1.06 bits per heavy atom. The molecule has 0 unspecified atom stereocenters. The largest absolute Gasteiger partial charge is 0.396 e. The van der Waals surface area contributed by atoms with Crippen LogP contribution in [-0.4, -0.2) is 24.9 Å². The molecule has 0 aromatic heterocycles. The Morgan fingerprint density at radius 1 is 0.647 bits per heavy atom. The van der Waals surface area contributed by atoms with Gasteiger partial charge in [-0.3, -0.25) is 0 Å². The summed E-state index contributed by atoms with van der Waals surface area (Å²) in [5, 5.41) is 28.2. The Morgan fingerprint density at radius 3 is 1.47 bits per heavy atom. The highest BCUT2D eigenvalue weighted by atomic mass is 16.3. The van der Waals surface area contributed by atoms with E-state index >= 15 is 0 Å². The first-order valence-electron chi connectivity index (χ1n) is 7.10. The molecule has 0 heterocycles. The van der Waals surface area contributed by atoms with Gasteiger partial charge in [0, 0.05) is 6.61 Å². The minimum atomic E-state index is 0.0694. The van der Waals surface area contributed by atoms with E-state index in [2.05, 4.69) is 6.92 Å². The van der Waals surface area contributed by atoms with Crippen molar-refractivity contribution in [1.29, 1.82) is 0 Å². The lowest BCUT2D eigenvalue weighted by atomic mass is 10.1. The first-order chi connectivity index (χ1) is 8.33. The normalized spacial score (nSPS) is 9.88. The van der Waals surface area contributed by atoms with E-state index in [1.165, 1.54) is 19.3 Å². The molecule has 0 spiro atoms. The molecule has 0 aliphatic rings. The van der Waals surface area contributed by atoms with Crippen LogP contribution < -0.4 is 0 Å². The number of aliphatic hydroxyl groups is 1. The highest BCUT2D eigenvalue weighted by Crippen LogP contribution is 2.03. The monoisotopic (exact) mass is 246 g/mol. The molecule has 3 nitrogen and oxygen atoms in total. The molecule has 2 radical (unpaired) electrons. The zero-order chi connectivity index (χ0) is 13.2. The third-order valence-electron chi connectivity index (χ3n) is 2.55. The molecular weight excluding hydrogens is 216 g/mol. The van der Waals surface area contributed by atoms with E-state index < -0.39 is 0 Å². The molecule has 0 aliphatic carbocycles. The highest BCUT2D eigenvalue weighted by molar-refractivity contribution is 4.43. The summed E-state index contributed by atoms with van der Waals surface area (Å²) in [5.41, 5.74) is 0. The van der Waals surface area contributed by atoms with E-state index in [0.717, 1.165) is 44.9 Å². The first-order valence-corrected chi connectivity index (χ1v) is 7.10. The zero-order valence-electron chi connectivity index (χ0n) is 11.5. The van der Waals surface area contributed by atoms with Crippen LogP contribution in [0.5, 0.6) is 0 Å². The van der Waals surface area contributed by atoms with Crippen LogP contribution in [0.4, 0.5) is 0 Å². The van der Waals surface area contributed by atoms with Crippen LogP contribution >= 0.6 is 0 Å². The molecule has 0 rings (SSSR count). The van der Waals surface area contributed by atoms with Crippen LogP contribution in [0.2, 0.25) is 0 Å². The van der Waals surface area contributed by atoms with Gasteiger partial charge in [-0.1, -0.05) is 51.9 Å². The van der Waals surface area contributed by atoms with Crippen LogP contribution in [0, 0.1) is 0 Å². The second kappa shape index (κ2) is 21.2. The molecule has 17 heavy (non-hydrogen) atoms. The first kappa shape index (κ1) is 19.2. The van der Waals surface area contributed by atoms with Gasteiger partial charge in [0.1, 0.15) is 0 Å². The second-order valence-corrected chi connectivity index (χ2v) is 4.31. The van der Waals surface area contributed by atoms with Crippen molar-refractivity contribution in [3.05, 3.63) is 0 Å². The number of aliphatic hydroxyl groups excluding tert-OH is 1. The Kier molecular flexibility index (Phi) is 24.0. The maximum Gasteiger partial charge on any atom is 0.0822 e. The summed E-state index contributed by atoms with van der Waals surface area (Å²) in [4.78, 5) is 0. The number of unbranched alkanes of at least 4 members (excludes halogenated alkanes) is 8. The van der Waals surface area contributed by atoms with Crippen molar-refractivity contribution >= 4 is 0 Å². The Hall–Kier alpha value is -0.120. The van der Waals surface area contributed by atoms with Gasteiger partial charge in [0.25, 0.3) is 0 Å². The van der Waals surface area contributed by atoms with Crippen molar-refractivity contribution in [2.45, 2.75) is 71.1 Å². The van der Waals surface area contributed by atoms with Gasteiger partial charge in [0.05, 0.1) is 13.2 Å². The minimum Gasteiger partial charge on any atom is -0.396 e. The predicted molar refractivity (Wildman–Crippen MR) is 70.0 cm³/mol. The van der Waals surface area contributed by atoms with E-state index in [-0.39, 0.29) is 13.2 Å². The topological polar surface area (TPSA) is 60.0 Å². The van der Waals surface area contributed by atoms with Gasteiger partial charge >= 0.3 is 0 Å². The van der Waals surface area contributed by atoms with E-state index in [1.807, 2.05) is 0 Å². The third-order valence-corrected chi connectivity index (χ3v) is 2.55. The minimum absolute atomic E-state index is 0.0694. The van der Waals surface area contributed by atoms with Crippen molar-refractivity contribution in [3.8, 4) is 0 Å². The fraction of sp³-hybridized carbons (Fsp3) is 1.00. The summed E-state index contributed by atoms with van der Waals surface area (Å²) < 4.78 is 0. The molecule has 0 fully saturated rings. The summed E-state index contributed by atoms with van der Waals surface area (Å²) in [6, 6.07) is 0. The lowest BCUT2D eigenvalue weighted by molar-refractivity contribution is 0.185. The smallest absolute Gasteiger partial charge is 0.0822 e. The third kappa shape index (κ3) is 25.8. The maximum absolute atomic E-state index is 9.98. The molecule has 1 N–H and O–H groups in total. The average Bonchev–Trinajstić information content (AvgIpc) is 2.35. The van der Waals surface area contributed by atoms with Gasteiger partial charge < -0.3 is 5.11 Å². The molecule has 104 valence electrons. The summed E-state index contributed by atoms with van der Waals surface area (Å²) in [7, 11) is 0. The van der Waals surface area contributed by atoms with Crippen molar-refractivity contribution in [1.82, 2.24) is 0 Å². The molecule has 0 atom stereocenters. The van der Waals surface area contributed by atoms with Gasteiger partial charge in [-0.25, -0.2) is 10.2 Å². The summed E-state index contributed by atoms with van der Waals surface area (Å²) in [5.74, 6) is 0. The molecule has 3 heteroatoms. The predicted octanol–water partition coefficient (Wildman–Crippen LogP) is 3.75. The van der Waals surface area contributed by atoms with Crippen molar-refractivity contribution < 1.29 is 15.3 Å². The van der Waals surface area contributed by atoms with Gasteiger partial charge in [-0.2, -0.15) is 0 Å². The summed E-state index contributed by atoms with van der Waals surface area (Å²) in [6.07, 6.45) is 10.7. The Bertz CT molecular complexity index is 95.6. The van der Waals surface area contributed by atoms with Gasteiger partial charge in [0.2, 0.25) is 0 Å².